The fraction of sp³-hybridized carbons (Fsp3) is 0.333. The number of carbonyl (C=O) groups is 2. The van der Waals surface area contributed by atoms with Gasteiger partial charge < -0.3 is 19.5 Å². The molecule has 2 rings (SSSR count). The van der Waals surface area contributed by atoms with Crippen molar-refractivity contribution in [2.75, 3.05) is 26.6 Å². The Morgan fingerprint density at radius 2 is 1.96 bits per heavy atom. The van der Waals surface area contributed by atoms with Crippen LogP contribution in [-0.4, -0.2) is 38.5 Å². The number of methoxy groups -OCH3 is 2. The number of hydrogen-bond acceptors (Lipinski definition) is 7. The number of thiophene rings is 1. The van der Waals surface area contributed by atoms with Crippen LogP contribution in [0.15, 0.2) is 35.7 Å². The minimum absolute atomic E-state index is 0.223. The first-order valence-corrected chi connectivity index (χ1v) is 9.89. The van der Waals surface area contributed by atoms with Crippen LogP contribution in [0.4, 0.5) is 0 Å². The molecule has 0 radical (unpaired) electrons. The Balaban J connectivity index is 1.66. The van der Waals surface area contributed by atoms with Crippen molar-refractivity contribution in [3.8, 4) is 11.5 Å². The van der Waals surface area contributed by atoms with E-state index < -0.39 is 5.97 Å². The molecule has 0 atom stereocenters. The second-order valence-corrected chi connectivity index (χ2v) is 7.22. The number of carbonyl (C=O) groups excluding carboxylic acids is 2. The highest BCUT2D eigenvalue weighted by Gasteiger charge is 2.09. The van der Waals surface area contributed by atoms with Crippen LogP contribution < -0.4 is 14.8 Å². The normalized spacial score (nSPS) is 10.2. The van der Waals surface area contributed by atoms with Crippen LogP contribution in [0.25, 0.3) is 0 Å². The molecule has 0 saturated carbocycles. The van der Waals surface area contributed by atoms with E-state index in [0.29, 0.717) is 18.0 Å². The maximum absolute atomic E-state index is 11.8. The quantitative estimate of drug-likeness (QED) is 0.624. The van der Waals surface area contributed by atoms with Crippen molar-refractivity contribution in [2.45, 2.75) is 12.3 Å². The molecular weight excluding hydrogens is 374 g/mol. The number of benzene rings is 1. The van der Waals surface area contributed by atoms with E-state index in [1.807, 2.05) is 23.6 Å². The molecule has 0 unspecified atom stereocenters. The third-order valence-electron chi connectivity index (χ3n) is 3.35. The lowest BCUT2D eigenvalue weighted by Gasteiger charge is -2.10. The molecule has 1 amide bonds. The van der Waals surface area contributed by atoms with E-state index in [-0.39, 0.29) is 18.3 Å². The van der Waals surface area contributed by atoms with E-state index in [1.165, 1.54) is 16.6 Å². The molecule has 0 spiro atoms. The van der Waals surface area contributed by atoms with Gasteiger partial charge in [0, 0.05) is 17.2 Å². The van der Waals surface area contributed by atoms with Crippen LogP contribution in [0.2, 0.25) is 0 Å². The third-order valence-corrected chi connectivity index (χ3v) is 5.36. The maximum Gasteiger partial charge on any atom is 0.316 e. The summed E-state index contributed by atoms with van der Waals surface area (Å²) in [7, 11) is 3.11. The van der Waals surface area contributed by atoms with Crippen molar-refractivity contribution in [3.05, 3.63) is 46.2 Å². The van der Waals surface area contributed by atoms with Crippen molar-refractivity contribution < 1.29 is 23.8 Å². The monoisotopic (exact) mass is 395 g/mol. The van der Waals surface area contributed by atoms with Crippen LogP contribution in [-0.2, 0) is 26.6 Å². The number of rotatable bonds is 10. The summed E-state index contributed by atoms with van der Waals surface area (Å²) in [6, 6.07) is 9.37. The Morgan fingerprint density at radius 1 is 1.15 bits per heavy atom. The fourth-order valence-corrected chi connectivity index (χ4v) is 3.72. The molecule has 1 aromatic heterocycles. The zero-order valence-corrected chi connectivity index (χ0v) is 16.3. The summed E-state index contributed by atoms with van der Waals surface area (Å²) >= 11 is 3.12. The second-order valence-electron chi connectivity index (χ2n) is 5.20. The molecule has 0 aliphatic heterocycles. The van der Waals surface area contributed by atoms with Crippen LogP contribution in [0.3, 0.4) is 0 Å². The van der Waals surface area contributed by atoms with E-state index in [1.54, 1.807) is 37.7 Å². The standard InChI is InChI=1S/C18H21NO5S2/c1-22-15-6-5-13(8-16(15)23-2)9-19-17(20)10-24-18(21)12-25-11-14-4-3-7-26-14/h3-8H,9-12H2,1-2H3,(H,19,20). The van der Waals surface area contributed by atoms with E-state index in [0.717, 1.165) is 11.3 Å². The van der Waals surface area contributed by atoms with E-state index in [9.17, 15) is 9.59 Å². The minimum Gasteiger partial charge on any atom is -0.493 e. The van der Waals surface area contributed by atoms with Gasteiger partial charge in [-0.25, -0.2) is 0 Å². The largest absolute Gasteiger partial charge is 0.493 e. The molecule has 26 heavy (non-hydrogen) atoms. The number of thioether (sulfide) groups is 1. The van der Waals surface area contributed by atoms with Gasteiger partial charge in [-0.05, 0) is 29.1 Å². The molecule has 0 bridgehead atoms. The van der Waals surface area contributed by atoms with Gasteiger partial charge in [0.2, 0.25) is 0 Å². The molecular formula is C18H21NO5S2. The number of ether oxygens (including phenoxy) is 3. The highest BCUT2D eigenvalue weighted by Crippen LogP contribution is 2.27. The first-order valence-electron chi connectivity index (χ1n) is 7.85. The van der Waals surface area contributed by atoms with Crippen molar-refractivity contribution in [1.29, 1.82) is 0 Å². The summed E-state index contributed by atoms with van der Waals surface area (Å²) in [5.74, 6) is 1.45. The van der Waals surface area contributed by atoms with Crippen LogP contribution in [0.1, 0.15) is 10.4 Å². The topological polar surface area (TPSA) is 73.9 Å². The molecule has 0 aliphatic carbocycles. The molecule has 140 valence electrons. The first kappa shape index (κ1) is 20.1. The van der Waals surface area contributed by atoms with Gasteiger partial charge in [-0.15, -0.1) is 23.1 Å². The molecule has 1 aromatic carbocycles. The Hall–Kier alpha value is -2.19. The van der Waals surface area contributed by atoms with E-state index in [4.69, 9.17) is 14.2 Å². The lowest BCUT2D eigenvalue weighted by molar-refractivity contribution is -0.145. The molecule has 2 aromatic rings. The van der Waals surface area contributed by atoms with Gasteiger partial charge in [0.15, 0.2) is 18.1 Å². The summed E-state index contributed by atoms with van der Waals surface area (Å²) in [5.41, 5.74) is 0.855. The van der Waals surface area contributed by atoms with E-state index in [2.05, 4.69) is 5.32 Å². The van der Waals surface area contributed by atoms with Crippen molar-refractivity contribution >= 4 is 35.0 Å². The summed E-state index contributed by atoms with van der Waals surface area (Å²) in [6.07, 6.45) is 0. The lowest BCUT2D eigenvalue weighted by atomic mass is 10.2. The van der Waals surface area contributed by atoms with Crippen molar-refractivity contribution in [1.82, 2.24) is 5.32 Å². The smallest absolute Gasteiger partial charge is 0.316 e. The summed E-state index contributed by atoms with van der Waals surface area (Å²) in [5, 5.41) is 4.70. The maximum atomic E-state index is 11.8. The molecule has 0 fully saturated rings. The second kappa shape index (κ2) is 10.7. The van der Waals surface area contributed by atoms with Gasteiger partial charge in [-0.1, -0.05) is 12.1 Å². The van der Waals surface area contributed by atoms with Crippen molar-refractivity contribution in [2.24, 2.45) is 0 Å². The minimum atomic E-state index is -0.396. The molecule has 1 heterocycles. The zero-order valence-electron chi connectivity index (χ0n) is 14.7. The molecule has 8 heteroatoms. The van der Waals surface area contributed by atoms with Gasteiger partial charge in [0.1, 0.15) is 0 Å². The summed E-state index contributed by atoms with van der Waals surface area (Å²) in [4.78, 5) is 24.7. The average Bonchev–Trinajstić information content (AvgIpc) is 3.17. The fourth-order valence-electron chi connectivity index (χ4n) is 2.06. The summed E-state index contributed by atoms with van der Waals surface area (Å²) < 4.78 is 15.4. The van der Waals surface area contributed by atoms with Crippen LogP contribution in [0, 0.1) is 0 Å². The number of esters is 1. The predicted octanol–water partition coefficient (Wildman–Crippen LogP) is 2.86. The Bertz CT molecular complexity index is 718. The Morgan fingerprint density at radius 3 is 2.65 bits per heavy atom. The first-order chi connectivity index (χ1) is 12.6. The zero-order chi connectivity index (χ0) is 18.8. The van der Waals surface area contributed by atoms with E-state index >= 15 is 0 Å². The van der Waals surface area contributed by atoms with Gasteiger partial charge in [-0.3, -0.25) is 9.59 Å². The molecule has 0 saturated heterocycles. The van der Waals surface area contributed by atoms with Crippen molar-refractivity contribution in [3.63, 3.8) is 0 Å². The lowest BCUT2D eigenvalue weighted by Crippen LogP contribution is -2.28. The number of amides is 1. The summed E-state index contributed by atoms with van der Waals surface area (Å²) in [6.45, 7) is 0.0234. The highest BCUT2D eigenvalue weighted by atomic mass is 32.2. The molecule has 1 N–H and O–H groups in total. The Labute approximate surface area is 160 Å². The average molecular weight is 396 g/mol. The van der Waals surface area contributed by atoms with Gasteiger partial charge in [-0.2, -0.15) is 0 Å². The van der Waals surface area contributed by atoms with Gasteiger partial charge in [0.05, 0.1) is 20.0 Å². The van der Waals surface area contributed by atoms with Crippen LogP contribution >= 0.6 is 23.1 Å². The third kappa shape index (κ3) is 6.61. The van der Waals surface area contributed by atoms with Gasteiger partial charge >= 0.3 is 5.97 Å². The predicted molar refractivity (Wildman–Crippen MR) is 103 cm³/mol. The van der Waals surface area contributed by atoms with Gasteiger partial charge in [0.25, 0.3) is 5.91 Å². The SMILES string of the molecule is COc1ccc(CNC(=O)COC(=O)CSCc2cccs2)cc1OC. The highest BCUT2D eigenvalue weighted by molar-refractivity contribution is 7.99. The van der Waals surface area contributed by atoms with Crippen LogP contribution in [0.5, 0.6) is 11.5 Å². The molecule has 0 aliphatic rings. The number of nitrogens with one attached hydrogen (secondary N) is 1. The number of hydrogen-bond donors (Lipinski definition) is 1. The molecule has 6 nitrogen and oxygen atoms in total. The Kier molecular flexibility index (Phi) is 8.30.